The summed E-state index contributed by atoms with van der Waals surface area (Å²) in [4.78, 5) is 20.1. The van der Waals surface area contributed by atoms with Gasteiger partial charge in [-0.2, -0.15) is 0 Å². The number of non-ortho nitro benzene ring substituents is 2. The first-order valence-corrected chi connectivity index (χ1v) is 11.6. The van der Waals surface area contributed by atoms with E-state index in [1.165, 1.54) is 38.1 Å². The van der Waals surface area contributed by atoms with E-state index >= 15 is 0 Å². The van der Waals surface area contributed by atoms with Gasteiger partial charge in [0.05, 0.1) is 9.85 Å². The smallest absolute Gasteiger partial charge is 0.271 e. The molecule has 0 spiro atoms. The van der Waals surface area contributed by atoms with Gasteiger partial charge in [-0.15, -0.1) is 20.5 Å². The Morgan fingerprint density at radius 1 is 0.512 bits per heavy atom. The van der Waals surface area contributed by atoms with Gasteiger partial charge in [0.2, 0.25) is 0 Å². The van der Waals surface area contributed by atoms with E-state index in [9.17, 15) is 50.9 Å². The van der Waals surface area contributed by atoms with Crippen LogP contribution in [-0.2, 0) is 16.8 Å². The number of nitro groups is 2. The Balaban J connectivity index is 0.000000293. The largest absolute Gasteiger partial charge is 0.508 e. The molecule has 4 aromatic rings. The normalized spacial score (nSPS) is 10.7. The summed E-state index contributed by atoms with van der Waals surface area (Å²) in [6, 6.07) is 12.0. The molecule has 4 rings (SSSR count). The number of hydrogen-bond donors (Lipinski definition) is 6. The van der Waals surface area contributed by atoms with E-state index in [0.29, 0.717) is 0 Å². The number of phenolic OH excluding ortho intramolecular Hbond substituents is 6. The van der Waals surface area contributed by atoms with Crippen LogP contribution in [0, 0.1) is 34.1 Å². The first kappa shape index (κ1) is 33.4. The van der Waals surface area contributed by atoms with E-state index in [1.807, 2.05) is 0 Å². The summed E-state index contributed by atoms with van der Waals surface area (Å²) in [5, 5.41) is 93.7. The summed E-state index contributed by atoms with van der Waals surface area (Å²) in [6.45, 7) is 2.99. The molecule has 0 amide bonds. The van der Waals surface area contributed by atoms with Gasteiger partial charge in [-0.3, -0.25) is 20.2 Å². The van der Waals surface area contributed by atoms with Crippen LogP contribution in [0.2, 0.25) is 0 Å². The fraction of sp³-hybridized carbons (Fsp3) is 0.0769. The Kier molecular flexibility index (Phi) is 11.0. The minimum absolute atomic E-state index is 0. The molecule has 16 nitrogen and oxygen atoms in total. The predicted octanol–water partition coefficient (Wildman–Crippen LogP) is 6.87. The van der Waals surface area contributed by atoms with Gasteiger partial charge in [0.1, 0.15) is 57.2 Å². The number of benzene rings is 4. The topological polar surface area (TPSA) is 257 Å². The second kappa shape index (κ2) is 14.2. The molecular weight excluding hydrogens is 615 g/mol. The molecule has 0 aliphatic rings. The first-order chi connectivity index (χ1) is 19.8. The van der Waals surface area contributed by atoms with Crippen molar-refractivity contribution in [3.8, 4) is 34.5 Å². The van der Waals surface area contributed by atoms with Crippen LogP contribution < -0.4 is 0 Å². The van der Waals surface area contributed by atoms with Crippen molar-refractivity contribution < 1.29 is 57.3 Å². The summed E-state index contributed by atoms with van der Waals surface area (Å²) in [6.07, 6.45) is 0. The van der Waals surface area contributed by atoms with Gasteiger partial charge in [-0.05, 0) is 50.2 Å². The maximum absolute atomic E-state index is 10.7. The van der Waals surface area contributed by atoms with Gasteiger partial charge in [0, 0.05) is 52.2 Å². The molecule has 225 valence electrons. The average Bonchev–Trinajstić information content (AvgIpc) is 2.95. The van der Waals surface area contributed by atoms with E-state index in [2.05, 4.69) is 20.5 Å². The number of azo groups is 2. The van der Waals surface area contributed by atoms with E-state index in [-0.39, 0.29) is 96.5 Å². The quantitative estimate of drug-likeness (QED) is 0.0726. The third-order valence-electron chi connectivity index (χ3n) is 5.63. The number of nitrogens with zero attached hydrogens (tertiary/aromatic N) is 6. The van der Waals surface area contributed by atoms with Crippen LogP contribution in [-0.4, -0.2) is 40.5 Å². The summed E-state index contributed by atoms with van der Waals surface area (Å²) in [5.74, 6) is -1.26. The number of phenols is 6. The van der Waals surface area contributed by atoms with Crippen molar-refractivity contribution in [1.82, 2.24) is 0 Å². The minimum Gasteiger partial charge on any atom is -0.508 e. The van der Waals surface area contributed by atoms with Crippen LogP contribution in [0.25, 0.3) is 0 Å². The van der Waals surface area contributed by atoms with Crippen molar-refractivity contribution in [3.63, 3.8) is 0 Å². The molecular formula is C26H22CoN6O10. The molecule has 0 fully saturated rings. The fourth-order valence-corrected chi connectivity index (χ4v) is 3.14. The van der Waals surface area contributed by atoms with E-state index < -0.39 is 9.85 Å². The van der Waals surface area contributed by atoms with Crippen molar-refractivity contribution in [1.29, 1.82) is 0 Å². The molecule has 0 aliphatic carbocycles. The van der Waals surface area contributed by atoms with Gasteiger partial charge in [-0.25, -0.2) is 0 Å². The number of nitro benzene ring substituents is 2. The van der Waals surface area contributed by atoms with Gasteiger partial charge >= 0.3 is 0 Å². The third kappa shape index (κ3) is 8.12. The molecule has 0 heterocycles. The molecule has 17 heteroatoms. The fourth-order valence-electron chi connectivity index (χ4n) is 3.14. The zero-order valence-electron chi connectivity index (χ0n) is 22.1. The number of aromatic hydroxyl groups is 6. The summed E-state index contributed by atoms with van der Waals surface area (Å²) < 4.78 is 0. The minimum atomic E-state index is -0.624. The Hall–Kier alpha value is -5.81. The maximum Gasteiger partial charge on any atom is 0.271 e. The molecule has 0 saturated heterocycles. The standard InChI is InChI=1S/2C13H11N3O5.Co/c2*1-7-11(17)5-3-9(13(7)19)14-15-10-6-8(16(20)21)2-4-12(10)18;/h2*2-6,17-19H,1H3;. The Bertz CT molecular complexity index is 1620. The van der Waals surface area contributed by atoms with Crippen LogP contribution >= 0.6 is 0 Å². The molecule has 0 aliphatic heterocycles. The number of rotatable bonds is 6. The van der Waals surface area contributed by atoms with Crippen molar-refractivity contribution >= 4 is 34.1 Å². The maximum atomic E-state index is 10.7. The van der Waals surface area contributed by atoms with Crippen molar-refractivity contribution in [3.05, 3.63) is 92.0 Å². The van der Waals surface area contributed by atoms with Gasteiger partial charge in [-0.1, -0.05) is 0 Å². The second-order valence-corrected chi connectivity index (χ2v) is 8.42. The van der Waals surface area contributed by atoms with Crippen LogP contribution in [0.3, 0.4) is 0 Å². The Morgan fingerprint density at radius 2 is 0.814 bits per heavy atom. The van der Waals surface area contributed by atoms with Crippen molar-refractivity contribution in [2.45, 2.75) is 13.8 Å². The monoisotopic (exact) mass is 637 g/mol. The molecule has 6 N–H and O–H groups in total. The first-order valence-electron chi connectivity index (χ1n) is 11.6. The molecule has 4 aromatic carbocycles. The molecule has 0 atom stereocenters. The van der Waals surface area contributed by atoms with Gasteiger partial charge in [0.15, 0.2) is 0 Å². The Labute approximate surface area is 252 Å². The predicted molar refractivity (Wildman–Crippen MR) is 147 cm³/mol. The van der Waals surface area contributed by atoms with Gasteiger partial charge in [0.25, 0.3) is 11.4 Å². The van der Waals surface area contributed by atoms with Crippen LogP contribution in [0.15, 0.2) is 81.1 Å². The van der Waals surface area contributed by atoms with Crippen molar-refractivity contribution in [2.75, 3.05) is 0 Å². The SMILES string of the molecule is Cc1c(O)ccc(N=Nc2cc([N+](=O)[O-])ccc2O)c1O.Cc1c(O)ccc(N=Nc2cc([N+](=O)[O-])ccc2O)c1O.[Co]. The zero-order valence-corrected chi connectivity index (χ0v) is 23.1. The van der Waals surface area contributed by atoms with Crippen molar-refractivity contribution in [2.24, 2.45) is 20.5 Å². The zero-order chi connectivity index (χ0) is 31.1. The Morgan fingerprint density at radius 3 is 1.14 bits per heavy atom. The van der Waals surface area contributed by atoms with Crippen LogP contribution in [0.4, 0.5) is 34.1 Å². The summed E-state index contributed by atoms with van der Waals surface area (Å²) in [7, 11) is 0. The second-order valence-electron chi connectivity index (χ2n) is 8.42. The number of hydrogen-bond acceptors (Lipinski definition) is 14. The molecule has 0 unspecified atom stereocenters. The molecule has 0 aromatic heterocycles. The molecule has 0 bridgehead atoms. The molecule has 0 saturated carbocycles. The van der Waals surface area contributed by atoms with E-state index in [4.69, 9.17) is 0 Å². The molecule has 43 heavy (non-hydrogen) atoms. The molecule has 1 radical (unpaired) electrons. The summed E-state index contributed by atoms with van der Waals surface area (Å²) in [5.41, 5.74) is -0.0961. The van der Waals surface area contributed by atoms with Crippen LogP contribution in [0.5, 0.6) is 34.5 Å². The van der Waals surface area contributed by atoms with Gasteiger partial charge < -0.3 is 30.6 Å². The average molecular weight is 637 g/mol. The third-order valence-corrected chi connectivity index (χ3v) is 5.63. The summed E-state index contributed by atoms with van der Waals surface area (Å²) >= 11 is 0. The van der Waals surface area contributed by atoms with Crippen LogP contribution in [0.1, 0.15) is 11.1 Å². The van der Waals surface area contributed by atoms with E-state index in [1.54, 1.807) is 0 Å². The van der Waals surface area contributed by atoms with E-state index in [0.717, 1.165) is 36.4 Å².